The second-order valence-electron chi connectivity index (χ2n) is 3.70. The number of nitrogens with zero attached hydrogens (tertiary/aromatic N) is 3. The third-order valence-electron chi connectivity index (χ3n) is 2.45. The van der Waals surface area contributed by atoms with Gasteiger partial charge in [-0.05, 0) is 12.6 Å². The first-order valence-corrected chi connectivity index (χ1v) is 4.39. The molecule has 2 rings (SSSR count). The van der Waals surface area contributed by atoms with Crippen molar-refractivity contribution in [2.75, 3.05) is 33.7 Å². The minimum atomic E-state index is 1.06. The van der Waals surface area contributed by atoms with Crippen LogP contribution in [0.3, 0.4) is 0 Å². The van der Waals surface area contributed by atoms with Crippen molar-refractivity contribution in [2.24, 2.45) is 4.99 Å². The predicted molar refractivity (Wildman–Crippen MR) is 50.3 cm³/mol. The Morgan fingerprint density at radius 3 is 3.00 bits per heavy atom. The van der Waals surface area contributed by atoms with Crippen LogP contribution >= 0.6 is 0 Å². The zero-order valence-electron chi connectivity index (χ0n) is 7.75. The zero-order valence-corrected chi connectivity index (χ0v) is 7.75. The standard InChI is InChI=1S/C9H15N3/c1-11-4-3-9-8(5-11)6-12(2)7-10-9/h7H,3-6H2,1-2H3. The fourth-order valence-corrected chi connectivity index (χ4v) is 1.78. The smallest absolute Gasteiger partial charge is 0.0908 e. The van der Waals surface area contributed by atoms with Crippen molar-refractivity contribution in [2.45, 2.75) is 6.42 Å². The maximum Gasteiger partial charge on any atom is 0.0908 e. The summed E-state index contributed by atoms with van der Waals surface area (Å²) in [6.07, 6.45) is 3.06. The summed E-state index contributed by atoms with van der Waals surface area (Å²) in [7, 11) is 4.24. The molecular weight excluding hydrogens is 150 g/mol. The van der Waals surface area contributed by atoms with Crippen LogP contribution in [-0.2, 0) is 0 Å². The summed E-state index contributed by atoms with van der Waals surface area (Å²) >= 11 is 0. The van der Waals surface area contributed by atoms with E-state index in [1.807, 2.05) is 6.34 Å². The molecule has 2 heterocycles. The minimum Gasteiger partial charge on any atom is -0.362 e. The van der Waals surface area contributed by atoms with E-state index < -0.39 is 0 Å². The maximum atomic E-state index is 4.42. The molecule has 0 radical (unpaired) electrons. The first-order valence-electron chi connectivity index (χ1n) is 4.39. The molecule has 0 N–H and O–H groups in total. The van der Waals surface area contributed by atoms with E-state index in [9.17, 15) is 0 Å². The Kier molecular flexibility index (Phi) is 1.89. The van der Waals surface area contributed by atoms with Crippen LogP contribution in [0.1, 0.15) is 6.42 Å². The van der Waals surface area contributed by atoms with Crippen LogP contribution in [0, 0.1) is 0 Å². The molecule has 2 aliphatic heterocycles. The molecular formula is C9H15N3. The molecule has 0 aliphatic carbocycles. The van der Waals surface area contributed by atoms with Gasteiger partial charge >= 0.3 is 0 Å². The van der Waals surface area contributed by atoms with E-state index in [1.165, 1.54) is 11.3 Å². The van der Waals surface area contributed by atoms with Crippen LogP contribution < -0.4 is 0 Å². The molecule has 66 valence electrons. The van der Waals surface area contributed by atoms with Gasteiger partial charge in [0, 0.05) is 38.8 Å². The van der Waals surface area contributed by atoms with Gasteiger partial charge in [0.2, 0.25) is 0 Å². The second kappa shape index (κ2) is 2.90. The maximum absolute atomic E-state index is 4.42. The van der Waals surface area contributed by atoms with E-state index >= 15 is 0 Å². The van der Waals surface area contributed by atoms with E-state index in [-0.39, 0.29) is 0 Å². The van der Waals surface area contributed by atoms with E-state index in [0.717, 1.165) is 26.1 Å². The highest BCUT2D eigenvalue weighted by atomic mass is 15.2. The largest absolute Gasteiger partial charge is 0.362 e. The van der Waals surface area contributed by atoms with Gasteiger partial charge in [-0.3, -0.25) is 0 Å². The van der Waals surface area contributed by atoms with Gasteiger partial charge in [0.15, 0.2) is 0 Å². The zero-order chi connectivity index (χ0) is 8.55. The average molecular weight is 165 g/mol. The minimum absolute atomic E-state index is 1.06. The van der Waals surface area contributed by atoms with Crippen molar-refractivity contribution in [3.05, 3.63) is 11.3 Å². The van der Waals surface area contributed by atoms with Crippen molar-refractivity contribution >= 4 is 6.34 Å². The Morgan fingerprint density at radius 1 is 1.33 bits per heavy atom. The van der Waals surface area contributed by atoms with Gasteiger partial charge in [0.25, 0.3) is 0 Å². The van der Waals surface area contributed by atoms with E-state index in [1.54, 1.807) is 0 Å². The number of hydrogen-bond donors (Lipinski definition) is 0. The lowest BCUT2D eigenvalue weighted by atomic mass is 10.1. The molecule has 0 aromatic rings. The molecule has 0 unspecified atom stereocenters. The van der Waals surface area contributed by atoms with Gasteiger partial charge in [-0.1, -0.05) is 0 Å². The van der Waals surface area contributed by atoms with E-state index in [0.29, 0.717) is 0 Å². The highest BCUT2D eigenvalue weighted by molar-refractivity contribution is 5.59. The van der Waals surface area contributed by atoms with Gasteiger partial charge in [0.1, 0.15) is 0 Å². The second-order valence-corrected chi connectivity index (χ2v) is 3.70. The summed E-state index contributed by atoms with van der Waals surface area (Å²) in [6, 6.07) is 0. The lowest BCUT2D eigenvalue weighted by Crippen LogP contribution is -2.34. The van der Waals surface area contributed by atoms with Crippen LogP contribution in [0.5, 0.6) is 0 Å². The highest BCUT2D eigenvalue weighted by Gasteiger charge is 2.18. The third-order valence-corrected chi connectivity index (χ3v) is 2.45. The lowest BCUT2D eigenvalue weighted by Gasteiger charge is -2.30. The monoisotopic (exact) mass is 165 g/mol. The molecule has 0 aromatic carbocycles. The normalized spacial score (nSPS) is 24.7. The molecule has 0 saturated heterocycles. The number of rotatable bonds is 0. The lowest BCUT2D eigenvalue weighted by molar-refractivity contribution is 0.332. The summed E-state index contributed by atoms with van der Waals surface area (Å²) < 4.78 is 0. The molecule has 3 heteroatoms. The van der Waals surface area contributed by atoms with E-state index in [4.69, 9.17) is 0 Å². The topological polar surface area (TPSA) is 18.8 Å². The van der Waals surface area contributed by atoms with Gasteiger partial charge < -0.3 is 9.80 Å². The predicted octanol–water partition coefficient (Wildman–Crippen LogP) is 0.550. The summed E-state index contributed by atoms with van der Waals surface area (Å²) in [4.78, 5) is 8.91. The molecule has 12 heavy (non-hydrogen) atoms. The van der Waals surface area contributed by atoms with Crippen LogP contribution in [-0.4, -0.2) is 49.9 Å². The summed E-state index contributed by atoms with van der Waals surface area (Å²) in [5.41, 5.74) is 2.82. The van der Waals surface area contributed by atoms with Crippen molar-refractivity contribution in [3.63, 3.8) is 0 Å². The number of likely N-dealkylation sites (N-methyl/N-ethyl adjacent to an activating group) is 2. The van der Waals surface area contributed by atoms with Crippen molar-refractivity contribution in [1.29, 1.82) is 0 Å². The molecule has 0 fully saturated rings. The molecule has 0 bridgehead atoms. The third kappa shape index (κ3) is 1.37. The average Bonchev–Trinajstić information content (AvgIpc) is 2.03. The van der Waals surface area contributed by atoms with Crippen molar-refractivity contribution in [1.82, 2.24) is 9.80 Å². The highest BCUT2D eigenvalue weighted by Crippen LogP contribution is 2.20. The summed E-state index contributed by atoms with van der Waals surface area (Å²) in [5.74, 6) is 0. The Morgan fingerprint density at radius 2 is 2.17 bits per heavy atom. The van der Waals surface area contributed by atoms with Gasteiger partial charge in [-0.2, -0.15) is 0 Å². The van der Waals surface area contributed by atoms with Crippen molar-refractivity contribution in [3.8, 4) is 0 Å². The summed E-state index contributed by atoms with van der Waals surface area (Å²) in [5, 5.41) is 0. The molecule has 2 aliphatic rings. The molecule has 0 amide bonds. The Bertz CT molecular complexity index is 242. The fourth-order valence-electron chi connectivity index (χ4n) is 1.78. The Labute approximate surface area is 73.4 Å². The van der Waals surface area contributed by atoms with Crippen LogP contribution in [0.4, 0.5) is 0 Å². The number of hydrogen-bond acceptors (Lipinski definition) is 3. The summed E-state index contributed by atoms with van der Waals surface area (Å²) in [6.45, 7) is 3.31. The van der Waals surface area contributed by atoms with Crippen molar-refractivity contribution < 1.29 is 0 Å². The van der Waals surface area contributed by atoms with Crippen LogP contribution in [0.2, 0.25) is 0 Å². The Hall–Kier alpha value is -0.830. The SMILES string of the molecule is CN1C=NC2=C(C1)CN(C)CC2. The number of aliphatic imine (C=N–C) groups is 1. The van der Waals surface area contributed by atoms with Gasteiger partial charge in [-0.15, -0.1) is 0 Å². The molecule has 0 spiro atoms. The molecule has 0 aromatic heterocycles. The molecule has 3 nitrogen and oxygen atoms in total. The first-order chi connectivity index (χ1) is 5.75. The van der Waals surface area contributed by atoms with Crippen LogP contribution in [0.15, 0.2) is 16.3 Å². The Balaban J connectivity index is 2.18. The van der Waals surface area contributed by atoms with Crippen LogP contribution in [0.25, 0.3) is 0 Å². The molecule has 0 saturated carbocycles. The van der Waals surface area contributed by atoms with Gasteiger partial charge in [0.05, 0.1) is 6.34 Å². The first kappa shape index (κ1) is 7.80. The quantitative estimate of drug-likeness (QED) is 0.522. The van der Waals surface area contributed by atoms with E-state index in [2.05, 4.69) is 28.9 Å². The fraction of sp³-hybridized carbons (Fsp3) is 0.667. The molecule has 0 atom stereocenters. The van der Waals surface area contributed by atoms with Gasteiger partial charge in [-0.25, -0.2) is 4.99 Å².